The highest BCUT2D eigenvalue weighted by molar-refractivity contribution is 5.45. The molecule has 1 fully saturated rings. The van der Waals surface area contributed by atoms with E-state index in [-0.39, 0.29) is 5.60 Å². The van der Waals surface area contributed by atoms with Crippen molar-refractivity contribution in [3.63, 3.8) is 0 Å². The van der Waals surface area contributed by atoms with Crippen LogP contribution in [0.1, 0.15) is 29.5 Å². The Hall–Kier alpha value is -1.06. The van der Waals surface area contributed by atoms with Gasteiger partial charge in [0.1, 0.15) is 11.4 Å². The highest BCUT2D eigenvalue weighted by Crippen LogP contribution is 2.40. The first-order chi connectivity index (χ1) is 9.12. The topological polar surface area (TPSA) is 38.5 Å². The van der Waals surface area contributed by atoms with Crippen LogP contribution in [0, 0.1) is 13.8 Å². The SMILES string of the molecule is Cc1cc(C)c2c(c1)OC1(CC2)CCN(CCN)C1. The van der Waals surface area contributed by atoms with Crippen LogP contribution >= 0.6 is 0 Å². The lowest BCUT2D eigenvalue weighted by Gasteiger charge is -2.36. The van der Waals surface area contributed by atoms with Gasteiger partial charge in [-0.05, 0) is 49.4 Å². The van der Waals surface area contributed by atoms with Gasteiger partial charge in [0.25, 0.3) is 0 Å². The van der Waals surface area contributed by atoms with E-state index < -0.39 is 0 Å². The molecule has 3 rings (SSSR count). The van der Waals surface area contributed by atoms with Gasteiger partial charge in [-0.2, -0.15) is 0 Å². The first kappa shape index (κ1) is 12.9. The molecule has 2 aliphatic heterocycles. The van der Waals surface area contributed by atoms with Gasteiger partial charge in [-0.25, -0.2) is 0 Å². The summed E-state index contributed by atoms with van der Waals surface area (Å²) in [6.45, 7) is 8.24. The van der Waals surface area contributed by atoms with Crippen LogP contribution in [0.5, 0.6) is 5.75 Å². The summed E-state index contributed by atoms with van der Waals surface area (Å²) in [6.07, 6.45) is 3.43. The zero-order valence-corrected chi connectivity index (χ0v) is 12.0. The van der Waals surface area contributed by atoms with Crippen molar-refractivity contribution < 1.29 is 4.74 Å². The number of fused-ring (bicyclic) bond motifs is 1. The Balaban J connectivity index is 1.82. The van der Waals surface area contributed by atoms with E-state index in [4.69, 9.17) is 10.5 Å². The molecule has 0 amide bonds. The van der Waals surface area contributed by atoms with E-state index in [0.717, 1.165) is 51.2 Å². The van der Waals surface area contributed by atoms with Crippen LogP contribution in [0.15, 0.2) is 12.1 Å². The average Bonchev–Trinajstić information content (AvgIpc) is 2.71. The van der Waals surface area contributed by atoms with Crippen LogP contribution in [0.25, 0.3) is 0 Å². The Morgan fingerprint density at radius 1 is 1.32 bits per heavy atom. The molecule has 1 unspecified atom stereocenters. The lowest BCUT2D eigenvalue weighted by Crippen LogP contribution is -2.43. The first-order valence-electron chi connectivity index (χ1n) is 7.33. The number of nitrogens with zero attached hydrogens (tertiary/aromatic N) is 1. The molecule has 0 radical (unpaired) electrons. The van der Waals surface area contributed by atoms with Gasteiger partial charge >= 0.3 is 0 Å². The zero-order chi connectivity index (χ0) is 13.5. The highest BCUT2D eigenvalue weighted by atomic mass is 16.5. The third-order valence-electron chi connectivity index (χ3n) is 4.57. The lowest BCUT2D eigenvalue weighted by atomic mass is 9.88. The molecular formula is C16H24N2O. The Labute approximate surface area is 115 Å². The molecule has 19 heavy (non-hydrogen) atoms. The summed E-state index contributed by atoms with van der Waals surface area (Å²) >= 11 is 0. The Morgan fingerprint density at radius 2 is 2.16 bits per heavy atom. The molecular weight excluding hydrogens is 236 g/mol. The van der Waals surface area contributed by atoms with Crippen molar-refractivity contribution in [2.45, 2.75) is 38.7 Å². The summed E-state index contributed by atoms with van der Waals surface area (Å²) < 4.78 is 6.44. The number of rotatable bonds is 2. The number of ether oxygens (including phenoxy) is 1. The van der Waals surface area contributed by atoms with Gasteiger partial charge in [-0.15, -0.1) is 0 Å². The number of hydrogen-bond acceptors (Lipinski definition) is 3. The molecule has 2 heterocycles. The van der Waals surface area contributed by atoms with Crippen molar-refractivity contribution in [3.8, 4) is 5.75 Å². The van der Waals surface area contributed by atoms with Crippen molar-refractivity contribution in [2.75, 3.05) is 26.2 Å². The minimum absolute atomic E-state index is 0.0441. The number of benzene rings is 1. The van der Waals surface area contributed by atoms with E-state index in [0.29, 0.717) is 0 Å². The monoisotopic (exact) mass is 260 g/mol. The minimum Gasteiger partial charge on any atom is -0.486 e. The fourth-order valence-electron chi connectivity index (χ4n) is 3.60. The van der Waals surface area contributed by atoms with Gasteiger partial charge in [0, 0.05) is 32.6 Å². The largest absolute Gasteiger partial charge is 0.486 e. The predicted molar refractivity (Wildman–Crippen MR) is 77.7 cm³/mol. The number of nitrogens with two attached hydrogens (primary N) is 1. The minimum atomic E-state index is 0.0441. The second kappa shape index (κ2) is 4.80. The Kier molecular flexibility index (Phi) is 3.27. The zero-order valence-electron chi connectivity index (χ0n) is 12.0. The predicted octanol–water partition coefficient (Wildman–Crippen LogP) is 2.03. The molecule has 104 valence electrons. The van der Waals surface area contributed by atoms with E-state index in [1.165, 1.54) is 16.7 Å². The fourth-order valence-corrected chi connectivity index (χ4v) is 3.60. The Bertz CT molecular complexity index is 486. The van der Waals surface area contributed by atoms with Crippen LogP contribution < -0.4 is 10.5 Å². The number of hydrogen-bond donors (Lipinski definition) is 1. The van der Waals surface area contributed by atoms with Crippen LogP contribution in [-0.2, 0) is 6.42 Å². The molecule has 3 nitrogen and oxygen atoms in total. The van der Waals surface area contributed by atoms with Crippen LogP contribution in [0.4, 0.5) is 0 Å². The van der Waals surface area contributed by atoms with Crippen molar-refractivity contribution in [3.05, 3.63) is 28.8 Å². The van der Waals surface area contributed by atoms with Crippen molar-refractivity contribution >= 4 is 0 Å². The van der Waals surface area contributed by atoms with E-state index in [1.807, 2.05) is 0 Å². The molecule has 0 aromatic heterocycles. The van der Waals surface area contributed by atoms with Crippen LogP contribution in [-0.4, -0.2) is 36.7 Å². The molecule has 2 aliphatic rings. The second-order valence-corrected chi connectivity index (χ2v) is 6.16. The van der Waals surface area contributed by atoms with Crippen LogP contribution in [0.3, 0.4) is 0 Å². The maximum absolute atomic E-state index is 6.44. The fraction of sp³-hybridized carbons (Fsp3) is 0.625. The smallest absolute Gasteiger partial charge is 0.123 e. The van der Waals surface area contributed by atoms with E-state index >= 15 is 0 Å². The average molecular weight is 260 g/mol. The van der Waals surface area contributed by atoms with Gasteiger partial charge in [-0.1, -0.05) is 6.07 Å². The van der Waals surface area contributed by atoms with Crippen molar-refractivity contribution in [1.82, 2.24) is 4.90 Å². The molecule has 2 N–H and O–H groups in total. The van der Waals surface area contributed by atoms with Gasteiger partial charge in [-0.3, -0.25) is 4.90 Å². The maximum atomic E-state index is 6.44. The Morgan fingerprint density at radius 3 is 2.95 bits per heavy atom. The molecule has 0 bridgehead atoms. The quantitative estimate of drug-likeness (QED) is 0.884. The number of aryl methyl sites for hydroxylation is 2. The van der Waals surface area contributed by atoms with E-state index in [2.05, 4.69) is 30.9 Å². The normalized spacial score (nSPS) is 26.5. The second-order valence-electron chi connectivity index (χ2n) is 6.16. The van der Waals surface area contributed by atoms with Gasteiger partial charge < -0.3 is 10.5 Å². The molecule has 1 spiro atoms. The summed E-state index contributed by atoms with van der Waals surface area (Å²) in [5.74, 6) is 1.12. The van der Waals surface area contributed by atoms with Crippen molar-refractivity contribution in [2.24, 2.45) is 5.73 Å². The van der Waals surface area contributed by atoms with Gasteiger partial charge in [0.05, 0.1) is 0 Å². The molecule has 1 aromatic rings. The van der Waals surface area contributed by atoms with Gasteiger partial charge in [0.2, 0.25) is 0 Å². The summed E-state index contributed by atoms with van der Waals surface area (Å²) in [6, 6.07) is 4.46. The van der Waals surface area contributed by atoms with Crippen molar-refractivity contribution in [1.29, 1.82) is 0 Å². The molecule has 0 saturated carbocycles. The molecule has 3 heteroatoms. The number of likely N-dealkylation sites (tertiary alicyclic amines) is 1. The molecule has 1 saturated heterocycles. The van der Waals surface area contributed by atoms with E-state index in [9.17, 15) is 0 Å². The van der Waals surface area contributed by atoms with E-state index in [1.54, 1.807) is 0 Å². The first-order valence-corrected chi connectivity index (χ1v) is 7.33. The summed E-state index contributed by atoms with van der Waals surface area (Å²) in [7, 11) is 0. The highest BCUT2D eigenvalue weighted by Gasteiger charge is 2.42. The maximum Gasteiger partial charge on any atom is 0.123 e. The summed E-state index contributed by atoms with van der Waals surface area (Å²) in [5, 5.41) is 0. The summed E-state index contributed by atoms with van der Waals surface area (Å²) in [5.41, 5.74) is 9.79. The molecule has 1 aromatic carbocycles. The standard InChI is InChI=1S/C16H24N2O/c1-12-9-13(2)14-3-4-16(19-15(14)10-12)5-7-18(11-16)8-6-17/h9-10H,3-8,11,17H2,1-2H3. The molecule has 1 atom stereocenters. The summed E-state index contributed by atoms with van der Waals surface area (Å²) in [4.78, 5) is 2.44. The third kappa shape index (κ3) is 2.37. The van der Waals surface area contributed by atoms with Crippen LogP contribution in [0.2, 0.25) is 0 Å². The third-order valence-corrected chi connectivity index (χ3v) is 4.57. The van der Waals surface area contributed by atoms with Gasteiger partial charge in [0.15, 0.2) is 0 Å². The lowest BCUT2D eigenvalue weighted by molar-refractivity contribution is 0.0546. The molecule has 0 aliphatic carbocycles.